The van der Waals surface area contributed by atoms with Gasteiger partial charge in [-0.2, -0.15) is 0 Å². The second-order valence-electron chi connectivity index (χ2n) is 3.47. The average molecular weight is 289 g/mol. The van der Waals surface area contributed by atoms with Crippen LogP contribution in [0, 0.1) is 0 Å². The number of ether oxygens (including phenoxy) is 2. The maximum absolute atomic E-state index is 9.74. The monoisotopic (exact) mass is 288 g/mol. The van der Waals surface area contributed by atoms with Crippen molar-refractivity contribution >= 4 is 15.9 Å². The van der Waals surface area contributed by atoms with E-state index in [-0.39, 0.29) is 0 Å². The minimum Gasteiger partial charge on any atom is -0.497 e. The van der Waals surface area contributed by atoms with E-state index in [0.717, 1.165) is 15.8 Å². The molecular weight excluding hydrogens is 272 g/mol. The van der Waals surface area contributed by atoms with Gasteiger partial charge in [0.05, 0.1) is 19.8 Å². The Balaban J connectivity index is 2.64. The summed E-state index contributed by atoms with van der Waals surface area (Å²) in [4.78, 5) is 0. The number of aliphatic hydroxyl groups is 1. The van der Waals surface area contributed by atoms with Crippen molar-refractivity contribution in [2.75, 3.05) is 20.3 Å². The maximum Gasteiger partial charge on any atom is 0.119 e. The number of aliphatic hydroxyl groups excluding tert-OH is 1. The third-order valence-corrected chi connectivity index (χ3v) is 3.00. The molecule has 1 unspecified atom stereocenters. The van der Waals surface area contributed by atoms with Gasteiger partial charge < -0.3 is 14.6 Å². The lowest BCUT2D eigenvalue weighted by Gasteiger charge is -2.12. The van der Waals surface area contributed by atoms with Gasteiger partial charge in [-0.25, -0.2) is 0 Å². The minimum atomic E-state index is -0.483. The summed E-state index contributed by atoms with van der Waals surface area (Å²) in [6.45, 7) is 2.89. The fraction of sp³-hybridized carbons (Fsp3) is 0.500. The molecule has 0 aliphatic rings. The Hall–Kier alpha value is -0.580. The van der Waals surface area contributed by atoms with Gasteiger partial charge in [-0.1, -0.05) is 15.9 Å². The first kappa shape index (κ1) is 13.5. The molecule has 0 aromatic heterocycles. The van der Waals surface area contributed by atoms with Crippen LogP contribution in [0.5, 0.6) is 5.75 Å². The van der Waals surface area contributed by atoms with E-state index < -0.39 is 6.10 Å². The van der Waals surface area contributed by atoms with Gasteiger partial charge in [-0.05, 0) is 30.7 Å². The molecule has 0 fully saturated rings. The molecule has 1 N–H and O–H groups in total. The van der Waals surface area contributed by atoms with Crippen LogP contribution >= 0.6 is 15.9 Å². The molecule has 4 heteroatoms. The highest BCUT2D eigenvalue weighted by Gasteiger charge is 2.09. The molecule has 0 amide bonds. The van der Waals surface area contributed by atoms with E-state index in [4.69, 9.17) is 9.47 Å². The predicted molar refractivity (Wildman–Crippen MR) is 66.9 cm³/mol. The first-order chi connectivity index (χ1) is 7.67. The molecule has 0 radical (unpaired) electrons. The van der Waals surface area contributed by atoms with Crippen LogP contribution in [0.3, 0.4) is 0 Å². The Kier molecular flexibility index (Phi) is 5.80. The number of hydrogen-bond donors (Lipinski definition) is 1. The summed E-state index contributed by atoms with van der Waals surface area (Å²) in [5.74, 6) is 0.793. The zero-order valence-corrected chi connectivity index (χ0v) is 11.2. The van der Waals surface area contributed by atoms with Crippen molar-refractivity contribution in [3.63, 3.8) is 0 Å². The molecule has 1 rings (SSSR count). The SMILES string of the molecule is CCOCC(O)Cc1cc(OC)ccc1Br. The van der Waals surface area contributed by atoms with E-state index in [9.17, 15) is 5.11 Å². The van der Waals surface area contributed by atoms with E-state index in [1.807, 2.05) is 25.1 Å². The fourth-order valence-electron chi connectivity index (χ4n) is 1.40. The summed E-state index contributed by atoms with van der Waals surface area (Å²) in [6, 6.07) is 5.71. The van der Waals surface area contributed by atoms with Crippen LogP contribution in [-0.4, -0.2) is 31.5 Å². The van der Waals surface area contributed by atoms with E-state index in [1.54, 1.807) is 7.11 Å². The molecule has 1 aromatic carbocycles. The van der Waals surface area contributed by atoms with Crippen LogP contribution in [0.25, 0.3) is 0 Å². The lowest BCUT2D eigenvalue weighted by molar-refractivity contribution is 0.0429. The van der Waals surface area contributed by atoms with Crippen LogP contribution in [0.4, 0.5) is 0 Å². The van der Waals surface area contributed by atoms with Crippen LogP contribution in [0.15, 0.2) is 22.7 Å². The number of halogens is 1. The zero-order chi connectivity index (χ0) is 12.0. The molecule has 0 bridgehead atoms. The van der Waals surface area contributed by atoms with Gasteiger partial charge in [0.1, 0.15) is 5.75 Å². The van der Waals surface area contributed by atoms with Crippen LogP contribution in [0.2, 0.25) is 0 Å². The molecule has 90 valence electrons. The zero-order valence-electron chi connectivity index (χ0n) is 9.57. The highest BCUT2D eigenvalue weighted by molar-refractivity contribution is 9.10. The lowest BCUT2D eigenvalue weighted by Crippen LogP contribution is -2.18. The Bertz CT molecular complexity index is 328. The molecular formula is C12H17BrO3. The molecule has 0 heterocycles. The second kappa shape index (κ2) is 6.89. The predicted octanol–water partition coefficient (Wildman–Crippen LogP) is 2.40. The normalized spacial score (nSPS) is 12.5. The number of methoxy groups -OCH3 is 1. The highest BCUT2D eigenvalue weighted by Crippen LogP contribution is 2.23. The first-order valence-electron chi connectivity index (χ1n) is 5.25. The van der Waals surface area contributed by atoms with Crippen molar-refractivity contribution in [3.05, 3.63) is 28.2 Å². The van der Waals surface area contributed by atoms with Gasteiger partial charge in [-0.15, -0.1) is 0 Å². The molecule has 0 aliphatic carbocycles. The Labute approximate surface area is 105 Å². The molecule has 0 aliphatic heterocycles. The quantitative estimate of drug-likeness (QED) is 0.874. The molecule has 1 aromatic rings. The third kappa shape index (κ3) is 4.12. The Morgan fingerprint density at radius 3 is 2.81 bits per heavy atom. The van der Waals surface area contributed by atoms with Crippen molar-refractivity contribution in [2.45, 2.75) is 19.4 Å². The van der Waals surface area contributed by atoms with Crippen molar-refractivity contribution < 1.29 is 14.6 Å². The second-order valence-corrected chi connectivity index (χ2v) is 4.33. The van der Waals surface area contributed by atoms with Gasteiger partial charge >= 0.3 is 0 Å². The van der Waals surface area contributed by atoms with Gasteiger partial charge in [0.2, 0.25) is 0 Å². The summed E-state index contributed by atoms with van der Waals surface area (Å²) in [5.41, 5.74) is 1.02. The third-order valence-electron chi connectivity index (χ3n) is 2.22. The van der Waals surface area contributed by atoms with Crippen LogP contribution in [0.1, 0.15) is 12.5 Å². The Morgan fingerprint density at radius 2 is 2.19 bits per heavy atom. The Morgan fingerprint density at radius 1 is 1.44 bits per heavy atom. The summed E-state index contributed by atoms with van der Waals surface area (Å²) >= 11 is 3.45. The maximum atomic E-state index is 9.74. The van der Waals surface area contributed by atoms with Gasteiger partial charge in [0.25, 0.3) is 0 Å². The van der Waals surface area contributed by atoms with Gasteiger partial charge in [-0.3, -0.25) is 0 Å². The minimum absolute atomic E-state index is 0.361. The topological polar surface area (TPSA) is 38.7 Å². The van der Waals surface area contributed by atoms with Crippen LogP contribution < -0.4 is 4.74 Å². The largest absolute Gasteiger partial charge is 0.497 e. The smallest absolute Gasteiger partial charge is 0.119 e. The molecule has 16 heavy (non-hydrogen) atoms. The standard InChI is InChI=1S/C12H17BrO3/c1-3-16-8-10(14)6-9-7-11(15-2)4-5-12(9)13/h4-5,7,10,14H,3,6,8H2,1-2H3. The van der Waals surface area contributed by atoms with Crippen molar-refractivity contribution in [1.82, 2.24) is 0 Å². The first-order valence-corrected chi connectivity index (χ1v) is 6.05. The van der Waals surface area contributed by atoms with E-state index in [2.05, 4.69) is 15.9 Å². The van der Waals surface area contributed by atoms with Crippen molar-refractivity contribution in [2.24, 2.45) is 0 Å². The summed E-state index contributed by atoms with van der Waals surface area (Å²) in [5, 5.41) is 9.74. The summed E-state index contributed by atoms with van der Waals surface area (Å²) in [7, 11) is 1.63. The van der Waals surface area contributed by atoms with Gasteiger partial charge in [0, 0.05) is 17.5 Å². The number of benzene rings is 1. The number of hydrogen-bond acceptors (Lipinski definition) is 3. The molecule has 0 saturated heterocycles. The fourth-order valence-corrected chi connectivity index (χ4v) is 1.81. The average Bonchev–Trinajstić information content (AvgIpc) is 2.29. The van der Waals surface area contributed by atoms with Crippen molar-refractivity contribution in [1.29, 1.82) is 0 Å². The van der Waals surface area contributed by atoms with E-state index in [1.165, 1.54) is 0 Å². The lowest BCUT2D eigenvalue weighted by atomic mass is 10.1. The summed E-state index contributed by atoms with van der Waals surface area (Å²) < 4.78 is 11.3. The highest BCUT2D eigenvalue weighted by atomic mass is 79.9. The summed E-state index contributed by atoms with van der Waals surface area (Å²) in [6.07, 6.45) is 0.0704. The van der Waals surface area contributed by atoms with Crippen molar-refractivity contribution in [3.8, 4) is 5.75 Å². The van der Waals surface area contributed by atoms with E-state index >= 15 is 0 Å². The van der Waals surface area contributed by atoms with Gasteiger partial charge in [0.15, 0.2) is 0 Å². The van der Waals surface area contributed by atoms with E-state index in [0.29, 0.717) is 19.6 Å². The van der Waals surface area contributed by atoms with Crippen LogP contribution in [-0.2, 0) is 11.2 Å². The molecule has 0 saturated carbocycles. The molecule has 3 nitrogen and oxygen atoms in total. The molecule has 0 spiro atoms. The number of rotatable bonds is 6. The molecule has 1 atom stereocenters.